The number of ether oxygens (including phenoxy) is 1. The molecule has 1 aromatic heterocycles. The zero-order chi connectivity index (χ0) is 15.0. The molecule has 2 heterocycles. The van der Waals surface area contributed by atoms with Gasteiger partial charge in [0.05, 0.1) is 12.6 Å². The molecule has 1 aliphatic carbocycles. The lowest BCUT2D eigenvalue weighted by Gasteiger charge is -2.15. The molecule has 0 radical (unpaired) electrons. The molecule has 1 aromatic rings. The Labute approximate surface area is 133 Å². The van der Waals surface area contributed by atoms with Gasteiger partial charge >= 0.3 is 0 Å². The van der Waals surface area contributed by atoms with Gasteiger partial charge in [0, 0.05) is 32.3 Å². The van der Waals surface area contributed by atoms with Crippen molar-refractivity contribution in [2.75, 3.05) is 20.2 Å². The molecule has 0 spiro atoms. The zero-order valence-corrected chi connectivity index (χ0v) is 14.2. The van der Waals surface area contributed by atoms with Crippen molar-refractivity contribution in [3.05, 3.63) is 16.5 Å². The highest BCUT2D eigenvalue weighted by Crippen LogP contribution is 2.31. The molecular formula is C13H19BrN2O4S. The number of halogens is 1. The van der Waals surface area contributed by atoms with Crippen LogP contribution in [0.25, 0.3) is 0 Å². The lowest BCUT2D eigenvalue weighted by Crippen LogP contribution is -2.30. The average Bonchev–Trinajstić information content (AvgIpc) is 3.00. The Balaban J connectivity index is 1.75. The van der Waals surface area contributed by atoms with Crippen molar-refractivity contribution >= 4 is 26.0 Å². The van der Waals surface area contributed by atoms with Crippen molar-refractivity contribution in [3.63, 3.8) is 0 Å². The van der Waals surface area contributed by atoms with Gasteiger partial charge in [0.25, 0.3) is 0 Å². The summed E-state index contributed by atoms with van der Waals surface area (Å²) >= 11 is 3.22. The maximum atomic E-state index is 12.6. The summed E-state index contributed by atoms with van der Waals surface area (Å²) < 4.78 is 37.7. The van der Waals surface area contributed by atoms with E-state index >= 15 is 0 Å². The molecule has 0 bridgehead atoms. The predicted molar refractivity (Wildman–Crippen MR) is 80.4 cm³/mol. The fourth-order valence-corrected chi connectivity index (χ4v) is 4.89. The van der Waals surface area contributed by atoms with Crippen molar-refractivity contribution in [1.82, 2.24) is 9.62 Å². The molecule has 118 valence electrons. The number of methoxy groups -OCH3 is 1. The molecule has 1 saturated heterocycles. The second-order valence-corrected chi connectivity index (χ2v) is 8.14. The summed E-state index contributed by atoms with van der Waals surface area (Å²) in [6, 6.07) is 2.16. The van der Waals surface area contributed by atoms with Crippen LogP contribution in [0.3, 0.4) is 0 Å². The van der Waals surface area contributed by atoms with Crippen LogP contribution in [0, 0.1) is 0 Å². The molecule has 0 amide bonds. The van der Waals surface area contributed by atoms with E-state index in [9.17, 15) is 8.42 Å². The summed E-state index contributed by atoms with van der Waals surface area (Å²) in [6.07, 6.45) is 3.06. The molecule has 1 atom stereocenters. The molecule has 0 aromatic carbocycles. The molecule has 2 aliphatic rings. The fourth-order valence-electron chi connectivity index (χ4n) is 2.44. The fraction of sp³-hybridized carbons (Fsp3) is 0.692. The quantitative estimate of drug-likeness (QED) is 0.815. The van der Waals surface area contributed by atoms with Gasteiger partial charge in [-0.1, -0.05) is 0 Å². The van der Waals surface area contributed by atoms with E-state index in [1.807, 2.05) is 0 Å². The van der Waals surface area contributed by atoms with Crippen LogP contribution in [0.1, 0.15) is 25.0 Å². The van der Waals surface area contributed by atoms with E-state index in [2.05, 4.69) is 21.2 Å². The summed E-state index contributed by atoms with van der Waals surface area (Å²) in [5, 5.41) is 3.31. The monoisotopic (exact) mass is 378 g/mol. The molecule has 1 aliphatic heterocycles. The lowest BCUT2D eigenvalue weighted by atomic mass is 10.3. The minimum Gasteiger partial charge on any atom is -0.452 e. The SMILES string of the molecule is COC1CCN(S(=O)(=O)c2cc(CNC3CC3)oc2Br)C1. The number of sulfonamides is 1. The molecule has 1 N–H and O–H groups in total. The summed E-state index contributed by atoms with van der Waals surface area (Å²) in [5.41, 5.74) is 0. The molecule has 2 fully saturated rings. The van der Waals surface area contributed by atoms with E-state index in [-0.39, 0.29) is 15.7 Å². The van der Waals surface area contributed by atoms with Crippen LogP contribution in [0.5, 0.6) is 0 Å². The number of nitrogens with zero attached hydrogens (tertiary/aromatic N) is 1. The lowest BCUT2D eigenvalue weighted by molar-refractivity contribution is 0.115. The van der Waals surface area contributed by atoms with E-state index in [4.69, 9.17) is 9.15 Å². The summed E-state index contributed by atoms with van der Waals surface area (Å²) in [4.78, 5) is 0.201. The summed E-state index contributed by atoms with van der Waals surface area (Å²) in [6.45, 7) is 1.43. The Hall–Kier alpha value is -0.410. The van der Waals surface area contributed by atoms with Crippen molar-refractivity contribution in [3.8, 4) is 0 Å². The second kappa shape index (κ2) is 6.00. The van der Waals surface area contributed by atoms with Crippen LogP contribution < -0.4 is 5.32 Å². The highest BCUT2D eigenvalue weighted by Gasteiger charge is 2.35. The third-order valence-electron chi connectivity index (χ3n) is 3.91. The molecule has 1 saturated carbocycles. The van der Waals surface area contributed by atoms with Crippen LogP contribution in [0.2, 0.25) is 0 Å². The van der Waals surface area contributed by atoms with Crippen LogP contribution in [-0.2, 0) is 21.3 Å². The first-order chi connectivity index (χ1) is 10.0. The normalized spacial score (nSPS) is 23.8. The first-order valence-corrected chi connectivity index (χ1v) is 9.28. The summed E-state index contributed by atoms with van der Waals surface area (Å²) in [5.74, 6) is 0.634. The summed E-state index contributed by atoms with van der Waals surface area (Å²) in [7, 11) is -1.92. The van der Waals surface area contributed by atoms with Gasteiger partial charge in [-0.15, -0.1) is 0 Å². The molecule has 1 unspecified atom stereocenters. The third-order valence-corrected chi connectivity index (χ3v) is 6.63. The van der Waals surface area contributed by atoms with E-state index < -0.39 is 10.0 Å². The standard InChI is InChI=1S/C13H19BrN2O4S/c1-19-10-4-5-16(8-10)21(17,18)12-6-11(20-13(12)14)7-15-9-2-3-9/h6,9-10,15H,2-5,7-8H2,1H3. The number of hydrogen-bond acceptors (Lipinski definition) is 5. The Bertz CT molecular complexity index is 612. The van der Waals surface area contributed by atoms with Gasteiger partial charge in [0.15, 0.2) is 4.67 Å². The van der Waals surface area contributed by atoms with Crippen molar-refractivity contribution in [2.24, 2.45) is 0 Å². The number of hydrogen-bond donors (Lipinski definition) is 1. The van der Waals surface area contributed by atoms with Crippen molar-refractivity contribution < 1.29 is 17.6 Å². The van der Waals surface area contributed by atoms with Gasteiger partial charge in [-0.3, -0.25) is 0 Å². The Morgan fingerprint density at radius 2 is 2.24 bits per heavy atom. The molecular weight excluding hydrogens is 360 g/mol. The van der Waals surface area contributed by atoms with E-state index in [1.54, 1.807) is 13.2 Å². The van der Waals surface area contributed by atoms with E-state index in [1.165, 1.54) is 17.1 Å². The average molecular weight is 379 g/mol. The van der Waals surface area contributed by atoms with Crippen LogP contribution in [-0.4, -0.2) is 45.1 Å². The van der Waals surface area contributed by atoms with Gasteiger partial charge in [-0.25, -0.2) is 8.42 Å². The maximum Gasteiger partial charge on any atom is 0.247 e. The largest absolute Gasteiger partial charge is 0.452 e. The van der Waals surface area contributed by atoms with Gasteiger partial charge in [0.1, 0.15) is 10.7 Å². The van der Waals surface area contributed by atoms with Gasteiger partial charge in [-0.05, 0) is 35.2 Å². The highest BCUT2D eigenvalue weighted by molar-refractivity contribution is 9.10. The molecule has 3 rings (SSSR count). The topological polar surface area (TPSA) is 71.8 Å². The Kier molecular flexibility index (Phi) is 4.42. The van der Waals surface area contributed by atoms with E-state index in [0.29, 0.717) is 31.4 Å². The third kappa shape index (κ3) is 3.34. The van der Waals surface area contributed by atoms with Gasteiger partial charge in [0.2, 0.25) is 10.0 Å². The van der Waals surface area contributed by atoms with E-state index in [0.717, 1.165) is 6.42 Å². The second-order valence-electron chi connectivity index (χ2n) is 5.52. The van der Waals surface area contributed by atoms with Gasteiger partial charge < -0.3 is 14.5 Å². The van der Waals surface area contributed by atoms with Crippen molar-refractivity contribution in [2.45, 2.75) is 42.8 Å². The van der Waals surface area contributed by atoms with Crippen LogP contribution in [0.4, 0.5) is 0 Å². The molecule has 8 heteroatoms. The first kappa shape index (κ1) is 15.5. The number of furan rings is 1. The van der Waals surface area contributed by atoms with Crippen LogP contribution >= 0.6 is 15.9 Å². The van der Waals surface area contributed by atoms with Crippen molar-refractivity contribution in [1.29, 1.82) is 0 Å². The predicted octanol–water partition coefficient (Wildman–Crippen LogP) is 1.70. The number of nitrogens with one attached hydrogen (secondary N) is 1. The zero-order valence-electron chi connectivity index (χ0n) is 11.8. The first-order valence-electron chi connectivity index (χ1n) is 7.05. The minimum absolute atomic E-state index is 0.0264. The molecule has 6 nitrogen and oxygen atoms in total. The minimum atomic E-state index is -3.53. The van der Waals surface area contributed by atoms with Gasteiger partial charge in [-0.2, -0.15) is 4.31 Å². The molecule has 21 heavy (non-hydrogen) atoms. The Morgan fingerprint density at radius 3 is 2.86 bits per heavy atom. The van der Waals surface area contributed by atoms with Crippen LogP contribution in [0.15, 0.2) is 20.0 Å². The number of rotatable bonds is 6. The highest BCUT2D eigenvalue weighted by atomic mass is 79.9. The smallest absolute Gasteiger partial charge is 0.247 e. The Morgan fingerprint density at radius 1 is 1.48 bits per heavy atom. The maximum absolute atomic E-state index is 12.6.